The van der Waals surface area contributed by atoms with E-state index in [4.69, 9.17) is 0 Å². The number of aromatic nitrogens is 2. The minimum atomic E-state index is 0.0335. The van der Waals surface area contributed by atoms with Gasteiger partial charge in [0.15, 0.2) is 0 Å². The molecule has 0 N–H and O–H groups in total. The first kappa shape index (κ1) is 13.4. The van der Waals surface area contributed by atoms with E-state index in [1.54, 1.807) is 6.20 Å². The van der Waals surface area contributed by atoms with E-state index in [0.717, 1.165) is 12.1 Å². The van der Waals surface area contributed by atoms with Gasteiger partial charge in [-0.2, -0.15) is 5.10 Å². The third-order valence-electron chi connectivity index (χ3n) is 3.59. The monoisotopic (exact) mass is 333 g/mol. The van der Waals surface area contributed by atoms with Crippen LogP contribution in [0, 0.1) is 0 Å². The first-order chi connectivity index (χ1) is 9.74. The van der Waals surface area contributed by atoms with Crippen LogP contribution in [-0.4, -0.2) is 32.0 Å². The van der Waals surface area contributed by atoms with Crippen LogP contribution in [0.4, 0.5) is 0 Å². The van der Waals surface area contributed by atoms with E-state index in [1.807, 2.05) is 40.0 Å². The van der Waals surface area contributed by atoms with Gasteiger partial charge in [-0.1, -0.05) is 46.3 Å². The molecule has 1 fully saturated rings. The summed E-state index contributed by atoms with van der Waals surface area (Å²) in [5.41, 5.74) is 1.15. The van der Waals surface area contributed by atoms with Gasteiger partial charge in [-0.05, 0) is 11.6 Å². The summed E-state index contributed by atoms with van der Waals surface area (Å²) in [5, 5.41) is 4.26. The molecule has 0 radical (unpaired) electrons. The molecular formula is C15H16BrN3O. The van der Waals surface area contributed by atoms with Gasteiger partial charge in [-0.15, -0.1) is 0 Å². The van der Waals surface area contributed by atoms with E-state index in [1.165, 1.54) is 0 Å². The van der Waals surface area contributed by atoms with Crippen LogP contribution in [0.1, 0.15) is 18.0 Å². The van der Waals surface area contributed by atoms with Gasteiger partial charge in [0.1, 0.15) is 0 Å². The fraction of sp³-hybridized carbons (Fsp3) is 0.333. The van der Waals surface area contributed by atoms with Gasteiger partial charge in [0.05, 0.1) is 12.6 Å². The van der Waals surface area contributed by atoms with Crippen molar-refractivity contribution in [3.63, 3.8) is 0 Å². The summed E-state index contributed by atoms with van der Waals surface area (Å²) in [6.45, 7) is 1.43. The number of benzene rings is 1. The SMILES string of the molecule is O=C1CC(Br)CN1C(Cn1cccn1)c1ccccc1. The fourth-order valence-corrected chi connectivity index (χ4v) is 3.22. The zero-order valence-corrected chi connectivity index (χ0v) is 12.6. The molecule has 1 amide bonds. The molecule has 2 unspecified atom stereocenters. The highest BCUT2D eigenvalue weighted by Gasteiger charge is 2.34. The summed E-state index contributed by atoms with van der Waals surface area (Å²) < 4.78 is 1.88. The van der Waals surface area contributed by atoms with Crippen LogP contribution >= 0.6 is 15.9 Å². The molecule has 0 aliphatic carbocycles. The highest BCUT2D eigenvalue weighted by molar-refractivity contribution is 9.09. The van der Waals surface area contributed by atoms with Gasteiger partial charge < -0.3 is 4.90 Å². The summed E-state index contributed by atoms with van der Waals surface area (Å²) in [7, 11) is 0. The van der Waals surface area contributed by atoms with Gasteiger partial charge in [-0.3, -0.25) is 9.48 Å². The van der Waals surface area contributed by atoms with Crippen molar-refractivity contribution in [1.82, 2.24) is 14.7 Å². The highest BCUT2D eigenvalue weighted by atomic mass is 79.9. The van der Waals surface area contributed by atoms with Gasteiger partial charge in [0, 0.05) is 30.2 Å². The molecular weight excluding hydrogens is 318 g/mol. The van der Waals surface area contributed by atoms with Crippen LogP contribution in [0.15, 0.2) is 48.8 Å². The Bertz CT molecular complexity index is 570. The Balaban J connectivity index is 1.89. The Morgan fingerprint density at radius 1 is 1.30 bits per heavy atom. The Morgan fingerprint density at radius 2 is 2.10 bits per heavy atom. The van der Waals surface area contributed by atoms with Crippen molar-refractivity contribution in [3.05, 3.63) is 54.4 Å². The molecule has 5 heteroatoms. The molecule has 2 heterocycles. The number of alkyl halides is 1. The Morgan fingerprint density at radius 3 is 2.70 bits per heavy atom. The smallest absolute Gasteiger partial charge is 0.224 e. The third-order valence-corrected chi connectivity index (χ3v) is 4.20. The van der Waals surface area contributed by atoms with Crippen LogP contribution in [0.25, 0.3) is 0 Å². The largest absolute Gasteiger partial charge is 0.333 e. The summed E-state index contributed by atoms with van der Waals surface area (Å²) in [5.74, 6) is 0.202. The van der Waals surface area contributed by atoms with Gasteiger partial charge >= 0.3 is 0 Å². The molecule has 4 nitrogen and oxygen atoms in total. The van der Waals surface area contributed by atoms with E-state index in [-0.39, 0.29) is 16.8 Å². The molecule has 1 saturated heterocycles. The van der Waals surface area contributed by atoms with E-state index >= 15 is 0 Å². The van der Waals surface area contributed by atoms with Crippen molar-refractivity contribution >= 4 is 21.8 Å². The van der Waals surface area contributed by atoms with Crippen molar-refractivity contribution in [3.8, 4) is 0 Å². The zero-order chi connectivity index (χ0) is 13.9. The molecule has 1 aliphatic rings. The quantitative estimate of drug-likeness (QED) is 0.806. The van der Waals surface area contributed by atoms with E-state index in [9.17, 15) is 4.79 Å². The number of likely N-dealkylation sites (tertiary alicyclic amines) is 1. The topological polar surface area (TPSA) is 38.1 Å². The molecule has 2 aromatic rings. The molecule has 0 bridgehead atoms. The van der Waals surface area contributed by atoms with Crippen LogP contribution in [0.3, 0.4) is 0 Å². The molecule has 3 rings (SSSR count). The maximum atomic E-state index is 12.2. The van der Waals surface area contributed by atoms with Gasteiger partial charge in [-0.25, -0.2) is 0 Å². The predicted octanol–water partition coefficient (Wildman–Crippen LogP) is 2.62. The van der Waals surface area contributed by atoms with Crippen molar-refractivity contribution in [2.45, 2.75) is 23.8 Å². The lowest BCUT2D eigenvalue weighted by atomic mass is 10.1. The number of nitrogens with zero attached hydrogens (tertiary/aromatic N) is 3. The number of carbonyl (C=O) groups excluding carboxylic acids is 1. The molecule has 0 spiro atoms. The summed E-state index contributed by atoms with van der Waals surface area (Å²) in [6, 6.07) is 12.1. The minimum absolute atomic E-state index is 0.0335. The Hall–Kier alpha value is -1.62. The van der Waals surface area contributed by atoms with Crippen molar-refractivity contribution in [2.24, 2.45) is 0 Å². The number of carbonyl (C=O) groups is 1. The molecule has 1 aromatic carbocycles. The Labute approximate surface area is 126 Å². The van der Waals surface area contributed by atoms with Crippen molar-refractivity contribution < 1.29 is 4.79 Å². The second-order valence-corrected chi connectivity index (χ2v) is 6.30. The lowest BCUT2D eigenvalue weighted by Crippen LogP contribution is -2.33. The second-order valence-electron chi connectivity index (χ2n) is 5.00. The fourth-order valence-electron chi connectivity index (χ4n) is 2.63. The minimum Gasteiger partial charge on any atom is -0.333 e. The number of hydrogen-bond donors (Lipinski definition) is 0. The van der Waals surface area contributed by atoms with Crippen LogP contribution in [0.2, 0.25) is 0 Å². The number of rotatable bonds is 4. The average molecular weight is 334 g/mol. The average Bonchev–Trinajstić information content (AvgIpc) is 3.07. The first-order valence-corrected chi connectivity index (χ1v) is 7.61. The number of halogens is 1. The summed E-state index contributed by atoms with van der Waals surface area (Å²) in [6.07, 6.45) is 4.27. The highest BCUT2D eigenvalue weighted by Crippen LogP contribution is 2.29. The predicted molar refractivity (Wildman–Crippen MR) is 80.5 cm³/mol. The normalized spacial score (nSPS) is 20.4. The van der Waals surface area contributed by atoms with Gasteiger partial charge in [0.2, 0.25) is 5.91 Å². The molecule has 20 heavy (non-hydrogen) atoms. The first-order valence-electron chi connectivity index (χ1n) is 6.70. The molecule has 2 atom stereocenters. The van der Waals surface area contributed by atoms with Crippen molar-refractivity contribution in [2.75, 3.05) is 6.54 Å². The summed E-state index contributed by atoms with van der Waals surface area (Å²) >= 11 is 3.55. The number of hydrogen-bond acceptors (Lipinski definition) is 2. The Kier molecular flexibility index (Phi) is 3.87. The van der Waals surface area contributed by atoms with Crippen LogP contribution in [0.5, 0.6) is 0 Å². The van der Waals surface area contributed by atoms with E-state index in [0.29, 0.717) is 13.0 Å². The molecule has 1 aromatic heterocycles. The lowest BCUT2D eigenvalue weighted by molar-refractivity contribution is -0.130. The maximum Gasteiger partial charge on any atom is 0.224 e. The molecule has 104 valence electrons. The van der Waals surface area contributed by atoms with Crippen LogP contribution in [-0.2, 0) is 11.3 Å². The maximum absolute atomic E-state index is 12.2. The molecule has 0 saturated carbocycles. The lowest BCUT2D eigenvalue weighted by Gasteiger charge is -2.28. The second kappa shape index (κ2) is 5.79. The van der Waals surface area contributed by atoms with E-state index < -0.39 is 0 Å². The zero-order valence-electron chi connectivity index (χ0n) is 11.0. The number of amides is 1. The van der Waals surface area contributed by atoms with Crippen LogP contribution < -0.4 is 0 Å². The third kappa shape index (κ3) is 2.77. The van der Waals surface area contributed by atoms with E-state index in [2.05, 4.69) is 33.2 Å². The molecule has 1 aliphatic heterocycles. The standard InChI is InChI=1S/C15H16BrN3O/c16-13-9-15(20)19(10-13)14(11-18-8-4-7-17-18)12-5-2-1-3-6-12/h1-8,13-14H,9-11H2. The van der Waals surface area contributed by atoms with Gasteiger partial charge in [0.25, 0.3) is 0 Å². The van der Waals surface area contributed by atoms with Crippen molar-refractivity contribution in [1.29, 1.82) is 0 Å². The summed E-state index contributed by atoms with van der Waals surface area (Å²) in [4.78, 5) is 14.4.